The van der Waals surface area contributed by atoms with Gasteiger partial charge in [0, 0.05) is 23.9 Å². The smallest absolute Gasteiger partial charge is 0.246 e. The van der Waals surface area contributed by atoms with Crippen molar-refractivity contribution in [1.29, 1.82) is 0 Å². The van der Waals surface area contributed by atoms with Crippen molar-refractivity contribution in [3.05, 3.63) is 65.9 Å². The summed E-state index contributed by atoms with van der Waals surface area (Å²) < 4.78 is 2.02. The Morgan fingerprint density at radius 1 is 1.04 bits per heavy atom. The van der Waals surface area contributed by atoms with E-state index in [1.165, 1.54) is 10.9 Å². The van der Waals surface area contributed by atoms with E-state index < -0.39 is 0 Å². The Labute approximate surface area is 137 Å². The van der Waals surface area contributed by atoms with Crippen molar-refractivity contribution < 1.29 is 4.79 Å². The van der Waals surface area contributed by atoms with Gasteiger partial charge < -0.3 is 9.47 Å². The van der Waals surface area contributed by atoms with Crippen molar-refractivity contribution in [2.45, 2.75) is 27.3 Å². The third kappa shape index (κ3) is 3.14. The van der Waals surface area contributed by atoms with Crippen molar-refractivity contribution in [2.75, 3.05) is 11.4 Å². The lowest BCUT2D eigenvalue weighted by atomic mass is 10.2. The molecular weight excluding hydrogens is 284 g/mol. The van der Waals surface area contributed by atoms with Crippen LogP contribution in [0.25, 0.3) is 10.9 Å². The Morgan fingerprint density at radius 3 is 2.57 bits per heavy atom. The predicted molar refractivity (Wildman–Crippen MR) is 95.9 cm³/mol. The van der Waals surface area contributed by atoms with Gasteiger partial charge in [0.2, 0.25) is 5.91 Å². The molecule has 0 aliphatic rings. The number of carbonyl (C=O) groups is 1. The summed E-state index contributed by atoms with van der Waals surface area (Å²) in [5.74, 6) is 0.108. The normalized spacial score (nSPS) is 10.9. The van der Waals surface area contributed by atoms with Crippen LogP contribution >= 0.6 is 0 Å². The maximum Gasteiger partial charge on any atom is 0.246 e. The molecule has 3 aromatic rings. The minimum Gasteiger partial charge on any atom is -0.338 e. The first-order valence-corrected chi connectivity index (χ1v) is 8.01. The molecule has 0 atom stereocenters. The summed E-state index contributed by atoms with van der Waals surface area (Å²) in [4.78, 5) is 14.6. The minimum absolute atomic E-state index is 0.108. The number of rotatable bonds is 4. The molecular formula is C20H22N2O. The largest absolute Gasteiger partial charge is 0.338 e. The Balaban J connectivity index is 1.87. The van der Waals surface area contributed by atoms with Gasteiger partial charge in [-0.15, -0.1) is 0 Å². The van der Waals surface area contributed by atoms with Gasteiger partial charge in [0.05, 0.1) is 0 Å². The first-order valence-electron chi connectivity index (χ1n) is 8.01. The Morgan fingerprint density at radius 2 is 1.83 bits per heavy atom. The molecule has 0 saturated carbocycles. The van der Waals surface area contributed by atoms with Gasteiger partial charge in [-0.25, -0.2) is 0 Å². The molecule has 0 aliphatic heterocycles. The number of anilines is 1. The summed E-state index contributed by atoms with van der Waals surface area (Å²) in [6, 6.07) is 16.5. The molecule has 0 spiro atoms. The molecule has 3 heteroatoms. The molecule has 0 radical (unpaired) electrons. The van der Waals surface area contributed by atoms with E-state index in [2.05, 4.69) is 37.3 Å². The predicted octanol–water partition coefficient (Wildman–Crippen LogP) is 4.31. The second-order valence-electron chi connectivity index (χ2n) is 5.98. The van der Waals surface area contributed by atoms with Gasteiger partial charge in [-0.05, 0) is 62.1 Å². The number of fused-ring (bicyclic) bond motifs is 1. The van der Waals surface area contributed by atoms with Crippen molar-refractivity contribution in [3.8, 4) is 0 Å². The molecule has 23 heavy (non-hydrogen) atoms. The zero-order valence-electron chi connectivity index (χ0n) is 13.9. The second-order valence-corrected chi connectivity index (χ2v) is 5.98. The van der Waals surface area contributed by atoms with Gasteiger partial charge in [0.15, 0.2) is 0 Å². The summed E-state index contributed by atoms with van der Waals surface area (Å²) in [5.41, 5.74) is 4.46. The average Bonchev–Trinajstić information content (AvgIpc) is 2.90. The van der Waals surface area contributed by atoms with Crippen molar-refractivity contribution in [2.24, 2.45) is 0 Å². The van der Waals surface area contributed by atoms with E-state index in [0.717, 1.165) is 16.8 Å². The monoisotopic (exact) mass is 306 g/mol. The molecule has 0 unspecified atom stereocenters. The lowest BCUT2D eigenvalue weighted by Crippen LogP contribution is -2.33. The molecule has 1 heterocycles. The van der Waals surface area contributed by atoms with Gasteiger partial charge in [0.1, 0.15) is 6.54 Å². The maximum absolute atomic E-state index is 12.8. The molecule has 3 rings (SSSR count). The van der Waals surface area contributed by atoms with E-state index in [1.807, 2.05) is 47.7 Å². The number of carbonyl (C=O) groups excluding carboxylic acids is 1. The van der Waals surface area contributed by atoms with E-state index >= 15 is 0 Å². The number of nitrogens with zero attached hydrogens (tertiary/aromatic N) is 2. The Hall–Kier alpha value is -2.55. The number of hydrogen-bond acceptors (Lipinski definition) is 1. The Kier molecular flexibility index (Phi) is 4.20. The van der Waals surface area contributed by atoms with Gasteiger partial charge in [0.25, 0.3) is 0 Å². The average molecular weight is 306 g/mol. The van der Waals surface area contributed by atoms with Crippen LogP contribution < -0.4 is 4.90 Å². The van der Waals surface area contributed by atoms with Crippen LogP contribution in [0.5, 0.6) is 0 Å². The van der Waals surface area contributed by atoms with E-state index in [-0.39, 0.29) is 5.91 Å². The summed E-state index contributed by atoms with van der Waals surface area (Å²) in [5, 5.41) is 1.18. The fourth-order valence-electron chi connectivity index (χ4n) is 2.99. The number of amides is 1. The standard InChI is InChI=1S/C20H22N2O/c1-4-22(18-7-5-6-15(2)13-18)20(23)14-21-11-10-17-12-16(3)8-9-19(17)21/h5-13H,4,14H2,1-3H3. The first kappa shape index (κ1) is 15.3. The first-order chi connectivity index (χ1) is 11.1. The minimum atomic E-state index is 0.108. The maximum atomic E-state index is 12.8. The molecule has 1 aromatic heterocycles. The quantitative estimate of drug-likeness (QED) is 0.705. The molecule has 0 bridgehead atoms. The van der Waals surface area contributed by atoms with Crippen LogP contribution in [0.4, 0.5) is 5.69 Å². The number of likely N-dealkylation sites (N-methyl/N-ethyl adjacent to an activating group) is 1. The van der Waals surface area contributed by atoms with Crippen LogP contribution in [0.1, 0.15) is 18.1 Å². The van der Waals surface area contributed by atoms with Crippen LogP contribution in [0.2, 0.25) is 0 Å². The SMILES string of the molecule is CCN(C(=O)Cn1ccc2cc(C)ccc21)c1cccc(C)c1. The zero-order chi connectivity index (χ0) is 16.4. The van der Waals surface area contributed by atoms with E-state index in [1.54, 1.807) is 0 Å². The van der Waals surface area contributed by atoms with Gasteiger partial charge >= 0.3 is 0 Å². The highest BCUT2D eigenvalue weighted by molar-refractivity contribution is 5.94. The lowest BCUT2D eigenvalue weighted by Gasteiger charge is -2.22. The molecule has 0 aliphatic carbocycles. The number of benzene rings is 2. The molecule has 2 aromatic carbocycles. The van der Waals surface area contributed by atoms with E-state index in [9.17, 15) is 4.79 Å². The van der Waals surface area contributed by atoms with Crippen LogP contribution in [-0.4, -0.2) is 17.0 Å². The topological polar surface area (TPSA) is 25.2 Å². The molecule has 3 nitrogen and oxygen atoms in total. The third-order valence-electron chi connectivity index (χ3n) is 4.16. The summed E-state index contributed by atoms with van der Waals surface area (Å²) in [6.45, 7) is 7.16. The van der Waals surface area contributed by atoms with Crippen molar-refractivity contribution >= 4 is 22.5 Å². The van der Waals surface area contributed by atoms with Crippen LogP contribution in [0, 0.1) is 13.8 Å². The highest BCUT2D eigenvalue weighted by atomic mass is 16.2. The second kappa shape index (κ2) is 6.29. The van der Waals surface area contributed by atoms with E-state index in [4.69, 9.17) is 0 Å². The molecule has 118 valence electrons. The van der Waals surface area contributed by atoms with E-state index in [0.29, 0.717) is 13.1 Å². The number of aromatic nitrogens is 1. The van der Waals surface area contributed by atoms with Gasteiger partial charge in [-0.3, -0.25) is 4.79 Å². The van der Waals surface area contributed by atoms with Crippen LogP contribution in [0.3, 0.4) is 0 Å². The third-order valence-corrected chi connectivity index (χ3v) is 4.16. The van der Waals surface area contributed by atoms with Crippen LogP contribution in [-0.2, 0) is 11.3 Å². The highest BCUT2D eigenvalue weighted by Crippen LogP contribution is 2.20. The fourth-order valence-corrected chi connectivity index (χ4v) is 2.99. The molecule has 1 amide bonds. The van der Waals surface area contributed by atoms with Crippen molar-refractivity contribution in [1.82, 2.24) is 4.57 Å². The summed E-state index contributed by atoms with van der Waals surface area (Å²) in [7, 11) is 0. The number of aryl methyl sites for hydroxylation is 2. The summed E-state index contributed by atoms with van der Waals surface area (Å²) in [6.07, 6.45) is 1.99. The lowest BCUT2D eigenvalue weighted by molar-refractivity contribution is -0.119. The highest BCUT2D eigenvalue weighted by Gasteiger charge is 2.15. The Bertz CT molecular complexity index is 848. The van der Waals surface area contributed by atoms with Crippen LogP contribution in [0.15, 0.2) is 54.7 Å². The zero-order valence-corrected chi connectivity index (χ0v) is 13.9. The molecule has 0 fully saturated rings. The van der Waals surface area contributed by atoms with Gasteiger partial charge in [-0.1, -0.05) is 23.8 Å². The van der Waals surface area contributed by atoms with Gasteiger partial charge in [-0.2, -0.15) is 0 Å². The number of hydrogen-bond donors (Lipinski definition) is 0. The molecule has 0 saturated heterocycles. The molecule has 0 N–H and O–H groups in total. The fraction of sp³-hybridized carbons (Fsp3) is 0.250. The summed E-state index contributed by atoms with van der Waals surface area (Å²) >= 11 is 0. The van der Waals surface area contributed by atoms with Crippen molar-refractivity contribution in [3.63, 3.8) is 0 Å².